The SMILES string of the molecule is CC(=O)ON=C(N)c1csc2cc(NC(=O)[C@@H]3C[C@]4(C)C[C@@H]4N3C(=O)CNC(=O)c3ccc(Oc4ccccc4)cc3)ccc12. The number of nitrogens with two attached hydrogens (primary N) is 1. The molecular weight excluding hydrogens is 594 g/mol. The number of nitrogens with one attached hydrogen (secondary N) is 2. The van der Waals surface area contributed by atoms with Crippen molar-refractivity contribution in [3.05, 3.63) is 89.3 Å². The van der Waals surface area contributed by atoms with Crippen molar-refractivity contribution in [2.24, 2.45) is 16.3 Å². The smallest absolute Gasteiger partial charge is 0.332 e. The summed E-state index contributed by atoms with van der Waals surface area (Å²) in [6.45, 7) is 3.08. The van der Waals surface area contributed by atoms with E-state index in [0.717, 1.165) is 16.5 Å². The van der Waals surface area contributed by atoms with Crippen LogP contribution in [-0.2, 0) is 19.2 Å². The molecule has 3 aromatic carbocycles. The summed E-state index contributed by atoms with van der Waals surface area (Å²) in [6, 6.07) is 20.6. The molecule has 3 atom stereocenters. The average molecular weight is 626 g/mol. The molecule has 0 radical (unpaired) electrons. The lowest BCUT2D eigenvalue weighted by Gasteiger charge is -2.27. The van der Waals surface area contributed by atoms with Gasteiger partial charge in [0.2, 0.25) is 11.8 Å². The van der Waals surface area contributed by atoms with Crippen LogP contribution in [0.2, 0.25) is 0 Å². The predicted molar refractivity (Wildman–Crippen MR) is 170 cm³/mol. The summed E-state index contributed by atoms with van der Waals surface area (Å²) < 4.78 is 6.62. The number of anilines is 1. The van der Waals surface area contributed by atoms with E-state index in [1.807, 2.05) is 36.4 Å². The second-order valence-electron chi connectivity index (χ2n) is 11.4. The Morgan fingerprint density at radius 3 is 2.49 bits per heavy atom. The number of rotatable bonds is 9. The molecule has 1 saturated carbocycles. The maximum atomic E-state index is 13.5. The predicted octanol–water partition coefficient (Wildman–Crippen LogP) is 4.63. The first-order valence-electron chi connectivity index (χ1n) is 14.4. The second-order valence-corrected chi connectivity index (χ2v) is 12.3. The minimum absolute atomic E-state index is 0.0473. The minimum Gasteiger partial charge on any atom is -0.457 e. The van der Waals surface area contributed by atoms with Crippen LogP contribution >= 0.6 is 11.3 Å². The van der Waals surface area contributed by atoms with Gasteiger partial charge in [-0.3, -0.25) is 14.4 Å². The van der Waals surface area contributed by atoms with Gasteiger partial charge >= 0.3 is 5.97 Å². The van der Waals surface area contributed by atoms with E-state index >= 15 is 0 Å². The molecule has 2 heterocycles. The number of carbonyl (C=O) groups excluding carboxylic acids is 4. The number of thiophene rings is 1. The summed E-state index contributed by atoms with van der Waals surface area (Å²) in [4.78, 5) is 57.0. The Hall–Kier alpha value is -5.23. The number of piperidine rings is 1. The van der Waals surface area contributed by atoms with Crippen molar-refractivity contribution in [2.75, 3.05) is 11.9 Å². The Bertz CT molecular complexity index is 1820. The Morgan fingerprint density at radius 2 is 1.76 bits per heavy atom. The fourth-order valence-corrected chi connectivity index (χ4v) is 6.69. The van der Waals surface area contributed by atoms with Crippen LogP contribution < -0.4 is 21.1 Å². The number of ether oxygens (including phenoxy) is 1. The van der Waals surface area contributed by atoms with Crippen LogP contribution in [-0.4, -0.2) is 53.1 Å². The molecule has 4 aromatic rings. The lowest BCUT2D eigenvalue weighted by atomic mass is 10.0. The van der Waals surface area contributed by atoms with Crippen LogP contribution in [0.4, 0.5) is 5.69 Å². The van der Waals surface area contributed by atoms with Crippen LogP contribution in [0.5, 0.6) is 11.5 Å². The maximum absolute atomic E-state index is 13.5. The number of hydrogen-bond acceptors (Lipinski definition) is 8. The molecule has 6 rings (SSSR count). The first-order chi connectivity index (χ1) is 21.6. The van der Waals surface area contributed by atoms with Crippen LogP contribution in [0.15, 0.2) is 83.3 Å². The summed E-state index contributed by atoms with van der Waals surface area (Å²) in [5.74, 6) is -0.216. The van der Waals surface area contributed by atoms with E-state index < -0.39 is 17.9 Å². The number of amidine groups is 1. The van der Waals surface area contributed by atoms with Crippen molar-refractivity contribution >= 4 is 56.6 Å². The van der Waals surface area contributed by atoms with E-state index in [1.54, 1.807) is 46.7 Å². The number of benzene rings is 3. The molecule has 12 heteroatoms. The van der Waals surface area contributed by atoms with Crippen LogP contribution in [0.3, 0.4) is 0 Å². The molecule has 1 aliphatic heterocycles. The minimum atomic E-state index is -0.659. The molecule has 3 amide bonds. The molecule has 0 unspecified atom stereocenters. The van der Waals surface area contributed by atoms with Crippen LogP contribution in [0.1, 0.15) is 42.6 Å². The van der Waals surface area contributed by atoms with Gasteiger partial charge in [0.15, 0.2) is 5.84 Å². The number of para-hydroxylation sites is 1. The lowest BCUT2D eigenvalue weighted by molar-refractivity contribution is -0.141. The van der Waals surface area contributed by atoms with Gasteiger partial charge in [-0.2, -0.15) is 0 Å². The van der Waals surface area contributed by atoms with Gasteiger partial charge in [-0.25, -0.2) is 4.79 Å². The number of nitrogens with zero attached hydrogens (tertiary/aromatic N) is 2. The van der Waals surface area contributed by atoms with Gasteiger partial charge in [0.05, 0.1) is 6.54 Å². The summed E-state index contributed by atoms with van der Waals surface area (Å²) in [6.07, 6.45) is 1.36. The van der Waals surface area contributed by atoms with E-state index in [1.165, 1.54) is 18.3 Å². The highest BCUT2D eigenvalue weighted by Gasteiger charge is 2.64. The normalized spacial score (nSPS) is 20.3. The van der Waals surface area contributed by atoms with E-state index in [2.05, 4.69) is 27.6 Å². The zero-order valence-corrected chi connectivity index (χ0v) is 25.4. The Morgan fingerprint density at radius 1 is 1.02 bits per heavy atom. The van der Waals surface area contributed by atoms with Gasteiger partial charge in [-0.1, -0.05) is 36.3 Å². The lowest BCUT2D eigenvalue weighted by Crippen LogP contribution is -2.49. The van der Waals surface area contributed by atoms with Gasteiger partial charge in [0.1, 0.15) is 17.5 Å². The number of likely N-dealkylation sites (tertiary alicyclic amines) is 1. The molecule has 230 valence electrons. The number of oxime groups is 1. The number of amides is 3. The molecule has 0 spiro atoms. The van der Waals surface area contributed by atoms with Crippen LogP contribution in [0.25, 0.3) is 10.1 Å². The van der Waals surface area contributed by atoms with Gasteiger partial charge in [0.25, 0.3) is 5.91 Å². The highest BCUT2D eigenvalue weighted by atomic mass is 32.1. The standard InChI is InChI=1S/C33H31N5O6S/c1-19(39)44-37-30(34)25-18-45-27-14-21(10-13-24(25)27)36-32(42)26-15-33(2)16-28(33)38(26)29(40)17-35-31(41)20-8-11-23(12-9-20)43-22-6-4-3-5-7-22/h3-14,18,26,28H,15-17H2,1-2H3,(H2,34,37)(H,35,41)(H,36,42)/t26-,28-,33+/m0/s1. The number of hydrogen-bond donors (Lipinski definition) is 3. The van der Waals surface area contributed by atoms with Crippen LogP contribution in [0, 0.1) is 5.41 Å². The zero-order valence-electron chi connectivity index (χ0n) is 24.6. The third-order valence-electron chi connectivity index (χ3n) is 8.11. The van der Waals surface area contributed by atoms with Crippen molar-refractivity contribution < 1.29 is 28.8 Å². The molecule has 2 fully saturated rings. The van der Waals surface area contributed by atoms with Gasteiger partial charge in [0, 0.05) is 45.2 Å². The van der Waals surface area contributed by atoms with Gasteiger partial charge < -0.3 is 30.8 Å². The molecule has 2 aliphatic rings. The van der Waals surface area contributed by atoms with E-state index in [0.29, 0.717) is 34.7 Å². The molecule has 0 bridgehead atoms. The Balaban J connectivity index is 1.08. The van der Waals surface area contributed by atoms with Gasteiger partial charge in [-0.05, 0) is 66.8 Å². The summed E-state index contributed by atoms with van der Waals surface area (Å²) >= 11 is 1.41. The number of carbonyl (C=O) groups is 4. The van der Waals surface area contributed by atoms with Crippen molar-refractivity contribution in [2.45, 2.75) is 38.8 Å². The van der Waals surface area contributed by atoms with Crippen molar-refractivity contribution in [3.63, 3.8) is 0 Å². The quantitative estimate of drug-likeness (QED) is 0.106. The third-order valence-corrected chi connectivity index (χ3v) is 9.06. The first-order valence-corrected chi connectivity index (χ1v) is 15.3. The molecule has 1 aromatic heterocycles. The van der Waals surface area contributed by atoms with E-state index in [4.69, 9.17) is 10.5 Å². The molecule has 1 saturated heterocycles. The zero-order chi connectivity index (χ0) is 31.7. The Kier molecular flexibility index (Phi) is 7.98. The summed E-state index contributed by atoms with van der Waals surface area (Å²) in [5, 5.41) is 11.9. The highest BCUT2D eigenvalue weighted by molar-refractivity contribution is 7.17. The summed E-state index contributed by atoms with van der Waals surface area (Å²) in [5.41, 5.74) is 7.44. The maximum Gasteiger partial charge on any atom is 0.332 e. The Labute approximate surface area is 263 Å². The molecule has 45 heavy (non-hydrogen) atoms. The fourth-order valence-electron chi connectivity index (χ4n) is 5.70. The topological polar surface area (TPSA) is 152 Å². The highest BCUT2D eigenvalue weighted by Crippen LogP contribution is 2.59. The number of fused-ring (bicyclic) bond motifs is 2. The molecule has 4 N–H and O–H groups in total. The first kappa shape index (κ1) is 29.8. The molecular formula is C33H31N5O6S. The monoisotopic (exact) mass is 625 g/mol. The fraction of sp³-hybridized carbons (Fsp3) is 0.242. The molecule has 11 nitrogen and oxygen atoms in total. The largest absolute Gasteiger partial charge is 0.457 e. The third kappa shape index (κ3) is 6.36. The average Bonchev–Trinajstić information content (AvgIpc) is 3.35. The van der Waals surface area contributed by atoms with E-state index in [-0.39, 0.29) is 35.7 Å². The summed E-state index contributed by atoms with van der Waals surface area (Å²) in [7, 11) is 0. The second kappa shape index (κ2) is 12.0. The molecule has 1 aliphatic carbocycles. The van der Waals surface area contributed by atoms with Crippen molar-refractivity contribution in [1.82, 2.24) is 10.2 Å². The van der Waals surface area contributed by atoms with Crippen molar-refractivity contribution in [3.8, 4) is 11.5 Å². The van der Waals surface area contributed by atoms with Gasteiger partial charge in [-0.15, -0.1) is 11.3 Å². The van der Waals surface area contributed by atoms with E-state index in [9.17, 15) is 19.2 Å². The van der Waals surface area contributed by atoms with Crippen molar-refractivity contribution in [1.29, 1.82) is 0 Å².